The van der Waals surface area contributed by atoms with E-state index >= 15 is 0 Å². The maximum absolute atomic E-state index is 13.8. The van der Waals surface area contributed by atoms with Crippen LogP contribution in [0.5, 0.6) is 0 Å². The summed E-state index contributed by atoms with van der Waals surface area (Å²) >= 11 is 0. The van der Waals surface area contributed by atoms with Crippen LogP contribution in [0.15, 0.2) is 36.5 Å². The highest BCUT2D eigenvalue weighted by Crippen LogP contribution is 2.72. The second kappa shape index (κ2) is 24.3. The summed E-state index contributed by atoms with van der Waals surface area (Å²) in [6.45, 7) is 33.9. The van der Waals surface area contributed by atoms with Gasteiger partial charge in [-0.1, -0.05) is 46.4 Å². The van der Waals surface area contributed by atoms with Crippen molar-refractivity contribution in [2.45, 2.75) is 351 Å². The largest absolute Gasteiger partial charge is 0.456 e. The zero-order valence-electron chi connectivity index (χ0n) is 59.0. The highest BCUT2D eigenvalue weighted by molar-refractivity contribution is 5.88. The van der Waals surface area contributed by atoms with E-state index in [0.717, 1.165) is 130 Å². The predicted octanol–water partition coefficient (Wildman–Crippen LogP) is 17.3. The molecule has 0 amide bonds. The Hall–Kier alpha value is -3.24. The molecular weight excluding hydrogens is 1240 g/mol. The third kappa shape index (κ3) is 13.2. The summed E-state index contributed by atoms with van der Waals surface area (Å²) in [7, 11) is 0. The number of halogens is 9. The molecule has 0 radical (unpaired) electrons. The molecule has 3 N–H and O–H groups in total. The van der Waals surface area contributed by atoms with Crippen LogP contribution in [0.4, 0.5) is 39.5 Å². The molecule has 9 atom stereocenters. The SMILES string of the molecule is C=C(C)C(=O)OC12CC3CC(C1)CC(C(C)(C)OC(C)(C)C(C)(O)C(F)(F)F)(C3)C2.C=C(C)C(=O)OC12CC3CC(C1)CC(C(CC)(CC)OC(C)(C)C(C)(O)C(F)(F)F)(C3)C2.C=C(C)C(=O)OC12CC3CC(C1)CC(C1(OC(C)(C)C(C)(O)C(F)(F)F)CCCC1)(C3)C2. The van der Waals surface area contributed by atoms with Gasteiger partial charge < -0.3 is 43.7 Å². The topological polar surface area (TPSA) is 167 Å². The predicted molar refractivity (Wildman–Crippen MR) is 336 cm³/mol. The molecule has 13 aliphatic rings. The van der Waals surface area contributed by atoms with Crippen molar-refractivity contribution in [1.29, 1.82) is 0 Å². The number of hydrogen-bond donors (Lipinski definition) is 3. The smallest absolute Gasteiger partial charge is 0.419 e. The number of esters is 3. The van der Waals surface area contributed by atoms with E-state index in [9.17, 15) is 69.2 Å². The van der Waals surface area contributed by atoms with Crippen LogP contribution in [-0.4, -0.2) is 119 Å². The normalized spacial score (nSPS) is 36.0. The van der Waals surface area contributed by atoms with Crippen LogP contribution in [0.25, 0.3) is 0 Å². The number of carbonyl (C=O) groups excluding carboxylic acids is 3. The number of alkyl halides is 9. The molecule has 13 fully saturated rings. The van der Waals surface area contributed by atoms with Gasteiger partial charge in [-0.25, -0.2) is 14.4 Å². The molecule has 0 aromatic carbocycles. The Morgan fingerprint density at radius 2 is 0.713 bits per heavy atom. The van der Waals surface area contributed by atoms with Gasteiger partial charge in [-0.05, 0) is 274 Å². The Morgan fingerprint density at radius 3 is 1.03 bits per heavy atom. The first-order chi connectivity index (χ1) is 42.4. The molecule has 0 saturated heterocycles. The fraction of sp³-hybridized carbons (Fsp3) is 0.877. The Labute approximate surface area is 552 Å². The minimum atomic E-state index is -4.83. The van der Waals surface area contributed by atoms with E-state index in [-0.39, 0.29) is 11.4 Å². The number of carbonyl (C=O) groups is 3. The van der Waals surface area contributed by atoms with Crippen LogP contribution in [-0.2, 0) is 42.8 Å². The number of hydrogen-bond acceptors (Lipinski definition) is 12. The number of rotatable bonds is 20. The molecule has 12 nitrogen and oxygen atoms in total. The van der Waals surface area contributed by atoms with Crippen molar-refractivity contribution >= 4 is 17.9 Å². The third-order valence-corrected chi connectivity index (χ3v) is 26.3. The quantitative estimate of drug-likeness (QED) is 0.0458. The van der Waals surface area contributed by atoms with Gasteiger partial charge in [-0.15, -0.1) is 0 Å². The van der Waals surface area contributed by atoms with Crippen LogP contribution in [0.1, 0.15) is 265 Å². The zero-order chi connectivity index (χ0) is 71.1. The van der Waals surface area contributed by atoms with E-state index in [1.165, 1.54) is 41.5 Å². The first-order valence-corrected chi connectivity index (χ1v) is 34.5. The first-order valence-electron chi connectivity index (χ1n) is 34.5. The van der Waals surface area contributed by atoms with Crippen LogP contribution >= 0.6 is 0 Å². The van der Waals surface area contributed by atoms with Gasteiger partial charge in [0, 0.05) is 33.0 Å². The maximum atomic E-state index is 13.8. The summed E-state index contributed by atoms with van der Waals surface area (Å²) in [5.41, 5.74) is -19.1. The summed E-state index contributed by atoms with van der Waals surface area (Å²) in [5, 5.41) is 31.4. The fourth-order valence-electron chi connectivity index (χ4n) is 21.5. The Bertz CT molecular complexity index is 2740. The van der Waals surface area contributed by atoms with Gasteiger partial charge in [-0.3, -0.25) is 0 Å². The maximum Gasteiger partial charge on any atom is 0.419 e. The summed E-state index contributed by atoms with van der Waals surface area (Å²) in [6, 6.07) is 0. The molecule has 0 aromatic heterocycles. The molecule has 0 heterocycles. The Balaban J connectivity index is 0.000000181. The highest BCUT2D eigenvalue weighted by atomic mass is 19.4. The van der Waals surface area contributed by atoms with E-state index in [1.807, 2.05) is 27.7 Å². The minimum absolute atomic E-state index is 0.345. The minimum Gasteiger partial charge on any atom is -0.456 e. The van der Waals surface area contributed by atoms with Crippen molar-refractivity contribution in [3.8, 4) is 0 Å². The van der Waals surface area contributed by atoms with Crippen LogP contribution in [0, 0.1) is 51.8 Å². The van der Waals surface area contributed by atoms with Crippen molar-refractivity contribution in [2.75, 3.05) is 0 Å². The summed E-state index contributed by atoms with van der Waals surface area (Å²) < 4.78 is 161. The van der Waals surface area contributed by atoms with E-state index in [2.05, 4.69) is 19.7 Å². The summed E-state index contributed by atoms with van der Waals surface area (Å²) in [6.07, 6.45) is 4.53. The zero-order valence-corrected chi connectivity index (χ0v) is 59.0. The third-order valence-electron chi connectivity index (χ3n) is 26.3. The van der Waals surface area contributed by atoms with Crippen molar-refractivity contribution in [2.24, 2.45) is 51.8 Å². The fourth-order valence-corrected chi connectivity index (χ4v) is 21.5. The van der Waals surface area contributed by atoms with Crippen molar-refractivity contribution in [3.63, 3.8) is 0 Å². The van der Waals surface area contributed by atoms with Gasteiger partial charge in [0.2, 0.25) is 0 Å². The van der Waals surface area contributed by atoms with E-state index in [1.54, 1.807) is 20.8 Å². The molecule has 538 valence electrons. The molecule has 0 aliphatic heterocycles. The van der Waals surface area contributed by atoms with Gasteiger partial charge in [0.1, 0.15) is 33.6 Å². The second-order valence-electron chi connectivity index (χ2n) is 34.7. The molecule has 13 rings (SSSR count). The van der Waals surface area contributed by atoms with E-state index < -0.39 is 109 Å². The molecule has 0 spiro atoms. The van der Waals surface area contributed by atoms with Gasteiger partial charge in [0.25, 0.3) is 0 Å². The summed E-state index contributed by atoms with van der Waals surface area (Å²) in [4.78, 5) is 37.3. The highest BCUT2D eigenvalue weighted by Gasteiger charge is 2.73. The van der Waals surface area contributed by atoms with Gasteiger partial charge in [0.15, 0.2) is 16.8 Å². The van der Waals surface area contributed by atoms with Crippen molar-refractivity contribution in [3.05, 3.63) is 36.5 Å². The lowest BCUT2D eigenvalue weighted by molar-refractivity contribution is -0.352. The lowest BCUT2D eigenvalue weighted by Gasteiger charge is -2.67. The average Bonchev–Trinajstić information content (AvgIpc) is 0.927. The molecule has 9 unspecified atom stereocenters. The van der Waals surface area contributed by atoms with Crippen molar-refractivity contribution < 1.29 is 97.6 Å². The molecular formula is C73H111F9O12. The molecule has 21 heteroatoms. The van der Waals surface area contributed by atoms with Gasteiger partial charge in [0.05, 0.1) is 16.8 Å². The van der Waals surface area contributed by atoms with E-state index in [4.69, 9.17) is 28.4 Å². The van der Waals surface area contributed by atoms with Gasteiger partial charge >= 0.3 is 36.4 Å². The Kier molecular flexibility index (Phi) is 19.7. The standard InChI is InChI=1S/C25H37F3O4.C25H39F3O4.C23H35F3O4/c1-16(2)19(29)31-23-13-17-10-18(14-23)12-22(11-17,15-23)24(8-6-7-9-24)32-20(3,4)21(5,30)25(26,27)28;1-8-24(9-2,32-20(5,6)21(7,30)25(26,27)28)22-11-17-10-18(12-22)14-23(13-17,15-22)31-19(29)16(3)4;1-14(2)17(27)29-22-11-15-8-16(12-22)10-21(9-15,13-22)19(5,6)30-18(3,4)20(7,28)23(24,25)26/h17-18,30H,1,6-15H2,2-5H3;17-18,30H,3,8-15H2,1-2,4-7H3;15-16,28H,1,8-13H2,2-7H3. The number of ether oxygens (including phenoxy) is 6. The molecule has 94 heavy (non-hydrogen) atoms. The summed E-state index contributed by atoms with van der Waals surface area (Å²) in [5.74, 6) is 0.944. The lowest BCUT2D eigenvalue weighted by atomic mass is 9.43. The number of aliphatic hydroxyl groups is 3. The average molecular weight is 1350 g/mol. The van der Waals surface area contributed by atoms with Crippen LogP contribution in [0.2, 0.25) is 0 Å². The molecule has 0 aromatic rings. The van der Waals surface area contributed by atoms with Crippen LogP contribution in [0.3, 0.4) is 0 Å². The monoisotopic (exact) mass is 1350 g/mol. The van der Waals surface area contributed by atoms with Gasteiger partial charge in [-0.2, -0.15) is 39.5 Å². The van der Waals surface area contributed by atoms with Crippen molar-refractivity contribution in [1.82, 2.24) is 0 Å². The van der Waals surface area contributed by atoms with E-state index in [0.29, 0.717) is 97.2 Å². The lowest BCUT2D eigenvalue weighted by Crippen LogP contribution is -2.69. The molecule has 13 aliphatic carbocycles. The second-order valence-corrected chi connectivity index (χ2v) is 34.7. The van der Waals surface area contributed by atoms with Crippen LogP contribution < -0.4 is 0 Å². The molecule has 12 bridgehead atoms. The first kappa shape index (κ1) is 76.5. The molecule has 13 saturated carbocycles. The Morgan fingerprint density at radius 1 is 0.426 bits per heavy atom.